The van der Waals surface area contributed by atoms with Crippen molar-refractivity contribution in [2.24, 2.45) is 0 Å². The Hall–Kier alpha value is -2.10. The lowest BCUT2D eigenvalue weighted by Crippen LogP contribution is -2.14. The summed E-state index contributed by atoms with van der Waals surface area (Å²) in [7, 11) is 0. The Balaban J connectivity index is 1.55. The number of anilines is 1. The molecule has 0 radical (unpaired) electrons. The van der Waals surface area contributed by atoms with E-state index in [1.54, 1.807) is 5.38 Å². The van der Waals surface area contributed by atoms with Gasteiger partial charge in [0.25, 0.3) is 0 Å². The van der Waals surface area contributed by atoms with E-state index in [9.17, 15) is 18.0 Å². The largest absolute Gasteiger partial charge is 0.417 e. The van der Waals surface area contributed by atoms with Crippen LogP contribution in [0.5, 0.6) is 0 Å². The molecule has 0 aliphatic rings. The molecule has 4 nitrogen and oxygen atoms in total. The van der Waals surface area contributed by atoms with E-state index >= 15 is 0 Å². The number of thiazole rings is 1. The molecule has 0 aliphatic heterocycles. The summed E-state index contributed by atoms with van der Waals surface area (Å²) in [6, 6.07) is 8.35. The highest BCUT2D eigenvalue weighted by Gasteiger charge is 2.31. The lowest BCUT2D eigenvalue weighted by molar-refractivity contribution is -0.137. The molecule has 0 fully saturated rings. The zero-order valence-corrected chi connectivity index (χ0v) is 17.5. The van der Waals surface area contributed by atoms with E-state index in [1.165, 1.54) is 23.1 Å². The van der Waals surface area contributed by atoms with Crippen LogP contribution in [-0.4, -0.2) is 15.9 Å². The fourth-order valence-corrected chi connectivity index (χ4v) is 4.29. The Kier molecular flexibility index (Phi) is 6.81. The molecule has 2 heterocycles. The highest BCUT2D eigenvalue weighted by Crippen LogP contribution is 2.34. The molecule has 0 saturated carbocycles. The van der Waals surface area contributed by atoms with E-state index in [-0.39, 0.29) is 17.4 Å². The summed E-state index contributed by atoms with van der Waals surface area (Å²) in [5.41, 5.74) is 1.64. The van der Waals surface area contributed by atoms with Gasteiger partial charge in [-0.1, -0.05) is 41.1 Å². The summed E-state index contributed by atoms with van der Waals surface area (Å²) in [5, 5.41) is 5.51. The first kappa shape index (κ1) is 21.6. The molecule has 0 aliphatic carbocycles. The Morgan fingerprint density at radius 1 is 1.28 bits per heavy atom. The molecule has 0 saturated heterocycles. The van der Waals surface area contributed by atoms with Crippen molar-refractivity contribution in [1.29, 1.82) is 0 Å². The number of alkyl halides is 3. The van der Waals surface area contributed by atoms with E-state index < -0.39 is 11.7 Å². The van der Waals surface area contributed by atoms with Crippen LogP contribution in [0.15, 0.2) is 46.9 Å². The number of pyridine rings is 1. The van der Waals surface area contributed by atoms with Gasteiger partial charge < -0.3 is 5.32 Å². The molecule has 2 aromatic heterocycles. The van der Waals surface area contributed by atoms with Crippen molar-refractivity contribution in [1.82, 2.24) is 9.97 Å². The number of hydrogen-bond donors (Lipinski definition) is 1. The van der Waals surface area contributed by atoms with Crippen molar-refractivity contribution in [3.8, 4) is 0 Å². The smallest absolute Gasteiger partial charge is 0.326 e. The minimum absolute atomic E-state index is 0.0576. The predicted molar refractivity (Wildman–Crippen MR) is 109 cm³/mol. The number of carbonyl (C=O) groups excluding carboxylic acids is 1. The highest BCUT2D eigenvalue weighted by atomic mass is 35.5. The van der Waals surface area contributed by atoms with Gasteiger partial charge in [0.15, 0.2) is 0 Å². The number of carbonyl (C=O) groups is 1. The van der Waals surface area contributed by atoms with Crippen molar-refractivity contribution < 1.29 is 18.0 Å². The van der Waals surface area contributed by atoms with Gasteiger partial charge in [-0.3, -0.25) is 4.79 Å². The monoisotopic (exact) mass is 457 g/mol. The maximum atomic E-state index is 12.7. The van der Waals surface area contributed by atoms with Crippen molar-refractivity contribution in [3.63, 3.8) is 0 Å². The number of rotatable bonds is 6. The van der Waals surface area contributed by atoms with Crippen LogP contribution in [0, 0.1) is 6.92 Å². The topological polar surface area (TPSA) is 54.9 Å². The predicted octanol–water partition coefficient (Wildman–Crippen LogP) is 5.99. The SMILES string of the molecule is Cc1ccc(NC(=O)Cc2nc(CSc3ncc(C(F)(F)F)cc3Cl)cs2)cc1. The van der Waals surface area contributed by atoms with Gasteiger partial charge in [0.05, 0.1) is 22.7 Å². The maximum Gasteiger partial charge on any atom is 0.417 e. The van der Waals surface area contributed by atoms with Crippen LogP contribution >= 0.6 is 34.7 Å². The second-order valence-electron chi connectivity index (χ2n) is 6.12. The highest BCUT2D eigenvalue weighted by molar-refractivity contribution is 7.98. The van der Waals surface area contributed by atoms with Crippen LogP contribution in [-0.2, 0) is 23.1 Å². The minimum atomic E-state index is -4.48. The quantitative estimate of drug-likeness (QED) is 0.462. The van der Waals surface area contributed by atoms with Crippen molar-refractivity contribution >= 4 is 46.3 Å². The molecule has 0 unspecified atom stereocenters. The standard InChI is InChI=1S/C19H15ClF3N3OS2/c1-11-2-4-13(5-3-11)25-16(27)7-17-26-14(9-28-17)10-29-18-15(20)6-12(8-24-18)19(21,22)23/h2-6,8-9H,7,10H2,1H3,(H,25,27). The van der Waals surface area contributed by atoms with Gasteiger partial charge in [-0.2, -0.15) is 13.2 Å². The van der Waals surface area contributed by atoms with Crippen LogP contribution < -0.4 is 5.32 Å². The zero-order valence-electron chi connectivity index (χ0n) is 15.1. The molecule has 0 atom stereocenters. The Morgan fingerprint density at radius 3 is 2.66 bits per heavy atom. The maximum absolute atomic E-state index is 12.7. The van der Waals surface area contributed by atoms with Crippen LogP contribution in [0.1, 0.15) is 21.8 Å². The molecule has 10 heteroatoms. The van der Waals surface area contributed by atoms with Crippen LogP contribution in [0.25, 0.3) is 0 Å². The number of hydrogen-bond acceptors (Lipinski definition) is 5. The normalized spacial score (nSPS) is 11.5. The molecule has 0 spiro atoms. The second-order valence-corrected chi connectivity index (χ2v) is 8.43. The summed E-state index contributed by atoms with van der Waals surface area (Å²) in [4.78, 5) is 20.3. The Bertz CT molecular complexity index is 1010. The number of nitrogens with one attached hydrogen (secondary N) is 1. The summed E-state index contributed by atoms with van der Waals surface area (Å²) < 4.78 is 38.0. The summed E-state index contributed by atoms with van der Waals surface area (Å²) >= 11 is 8.45. The fourth-order valence-electron chi connectivity index (χ4n) is 2.30. The summed E-state index contributed by atoms with van der Waals surface area (Å²) in [6.45, 7) is 1.97. The molecule has 152 valence electrons. The molecule has 1 amide bonds. The van der Waals surface area contributed by atoms with Gasteiger partial charge in [-0.15, -0.1) is 11.3 Å². The van der Waals surface area contributed by atoms with Crippen LogP contribution in [0.2, 0.25) is 5.02 Å². The number of aromatic nitrogens is 2. The van der Waals surface area contributed by atoms with E-state index in [0.717, 1.165) is 23.5 Å². The molecule has 3 rings (SSSR count). The number of benzene rings is 1. The molecule has 0 bridgehead atoms. The fraction of sp³-hybridized carbons (Fsp3) is 0.211. The van der Waals surface area contributed by atoms with Gasteiger partial charge in [0.2, 0.25) is 5.91 Å². The molecule has 1 aromatic carbocycles. The number of nitrogens with zero attached hydrogens (tertiary/aromatic N) is 2. The molecule has 29 heavy (non-hydrogen) atoms. The first-order valence-electron chi connectivity index (χ1n) is 8.36. The average molecular weight is 458 g/mol. The van der Waals surface area contributed by atoms with E-state index in [0.29, 0.717) is 21.5 Å². The van der Waals surface area contributed by atoms with Gasteiger partial charge in [0.1, 0.15) is 10.0 Å². The number of thioether (sulfide) groups is 1. The third-order valence-electron chi connectivity index (χ3n) is 3.74. The molecule has 3 aromatic rings. The summed E-state index contributed by atoms with van der Waals surface area (Å²) in [6.07, 6.45) is -3.58. The molecular formula is C19H15ClF3N3OS2. The number of aryl methyl sites for hydroxylation is 1. The zero-order chi connectivity index (χ0) is 21.0. The van der Waals surface area contributed by atoms with E-state index in [1.807, 2.05) is 31.2 Å². The van der Waals surface area contributed by atoms with Crippen LogP contribution in [0.3, 0.4) is 0 Å². The number of halogens is 4. The van der Waals surface area contributed by atoms with Crippen molar-refractivity contribution in [2.45, 2.75) is 30.3 Å². The van der Waals surface area contributed by atoms with E-state index in [2.05, 4.69) is 15.3 Å². The summed E-state index contributed by atoms with van der Waals surface area (Å²) in [5.74, 6) is 0.212. The average Bonchev–Trinajstić information content (AvgIpc) is 3.09. The van der Waals surface area contributed by atoms with Gasteiger partial charge in [-0.25, -0.2) is 9.97 Å². The van der Waals surface area contributed by atoms with Crippen molar-refractivity contribution in [2.75, 3.05) is 5.32 Å². The lowest BCUT2D eigenvalue weighted by Gasteiger charge is -2.08. The first-order chi connectivity index (χ1) is 13.7. The third kappa shape index (κ3) is 6.19. The second kappa shape index (κ2) is 9.15. The third-order valence-corrected chi connectivity index (χ3v) is 6.07. The van der Waals surface area contributed by atoms with Crippen LogP contribution in [0.4, 0.5) is 18.9 Å². The minimum Gasteiger partial charge on any atom is -0.326 e. The molecular weight excluding hydrogens is 443 g/mol. The van der Waals surface area contributed by atoms with Gasteiger partial charge in [0, 0.05) is 23.0 Å². The van der Waals surface area contributed by atoms with Gasteiger partial charge in [-0.05, 0) is 25.1 Å². The van der Waals surface area contributed by atoms with E-state index in [4.69, 9.17) is 11.6 Å². The molecule has 1 N–H and O–H groups in total. The van der Waals surface area contributed by atoms with Crippen molar-refractivity contribution in [3.05, 3.63) is 68.8 Å². The van der Waals surface area contributed by atoms with Gasteiger partial charge >= 0.3 is 6.18 Å². The Labute approximate surface area is 178 Å². The Morgan fingerprint density at radius 2 is 2.00 bits per heavy atom. The number of amides is 1. The first-order valence-corrected chi connectivity index (χ1v) is 10.6. The lowest BCUT2D eigenvalue weighted by atomic mass is 10.2.